The van der Waals surface area contributed by atoms with Crippen LogP contribution in [0.25, 0.3) is 0 Å². The summed E-state index contributed by atoms with van der Waals surface area (Å²) in [6.45, 7) is 2.41. The number of nitrogens with two attached hydrogens (primary N) is 1. The monoisotopic (exact) mass is 512 g/mol. The van der Waals surface area contributed by atoms with Crippen molar-refractivity contribution >= 4 is 22.7 Å². The molecule has 0 spiro atoms. The second-order valence-corrected chi connectivity index (χ2v) is 10.4. The van der Waals surface area contributed by atoms with E-state index in [2.05, 4.69) is 19.7 Å². The van der Waals surface area contributed by atoms with Crippen molar-refractivity contribution in [2.75, 3.05) is 20.3 Å². The first-order valence-electron chi connectivity index (χ1n) is 10.7. The predicted molar refractivity (Wildman–Crippen MR) is 122 cm³/mol. The minimum atomic E-state index is -4.51. The third kappa shape index (κ3) is 5.13. The Bertz CT molecular complexity index is 1170. The van der Waals surface area contributed by atoms with Crippen molar-refractivity contribution in [3.63, 3.8) is 0 Å². The van der Waals surface area contributed by atoms with Gasteiger partial charge in [-0.2, -0.15) is 13.2 Å². The van der Waals surface area contributed by atoms with Crippen molar-refractivity contribution in [3.05, 3.63) is 52.7 Å². The third-order valence-corrected chi connectivity index (χ3v) is 7.54. The standard InChI is InChI=1S/C23H24F4N4O3S/c1-12-4-13(6-16(32)15-8-30-18(9-29-15)34-11-23(25,26)27)5-14(19(12)24)21(2)17-7-22(17,10-33-3)35-20(28)31-21/h4-5,8-9,17H,6-7,10-11H2,1-3H3,(H2,28,31)/t17-,21+,22+/m0/s1. The van der Waals surface area contributed by atoms with Gasteiger partial charge in [-0.05, 0) is 37.5 Å². The molecule has 1 aliphatic carbocycles. The summed E-state index contributed by atoms with van der Waals surface area (Å²) in [4.78, 5) is 25.0. The smallest absolute Gasteiger partial charge is 0.422 e. The van der Waals surface area contributed by atoms with Crippen LogP contribution in [-0.4, -0.2) is 52.2 Å². The number of aryl methyl sites for hydroxylation is 1. The molecular weight excluding hydrogens is 488 g/mol. The average molecular weight is 513 g/mol. The van der Waals surface area contributed by atoms with Gasteiger partial charge in [0.2, 0.25) is 5.88 Å². The van der Waals surface area contributed by atoms with Gasteiger partial charge in [0.1, 0.15) is 11.5 Å². The number of amidine groups is 1. The zero-order valence-electron chi connectivity index (χ0n) is 19.3. The highest BCUT2D eigenvalue weighted by Gasteiger charge is 2.66. The Morgan fingerprint density at radius 3 is 2.66 bits per heavy atom. The number of aromatic nitrogens is 2. The van der Waals surface area contributed by atoms with Crippen LogP contribution in [0.4, 0.5) is 17.6 Å². The summed E-state index contributed by atoms with van der Waals surface area (Å²) in [5.41, 5.74) is 6.42. The van der Waals surface area contributed by atoms with E-state index >= 15 is 4.39 Å². The molecule has 1 saturated carbocycles. The van der Waals surface area contributed by atoms with Gasteiger partial charge in [-0.1, -0.05) is 17.8 Å². The molecule has 0 unspecified atom stereocenters. The zero-order chi connectivity index (χ0) is 25.6. The van der Waals surface area contributed by atoms with Gasteiger partial charge in [0.15, 0.2) is 17.6 Å². The number of carbonyl (C=O) groups is 1. The highest BCUT2D eigenvalue weighted by atomic mass is 32.2. The normalized spacial score (nSPS) is 25.6. The molecule has 188 valence electrons. The fourth-order valence-electron chi connectivity index (χ4n) is 4.61. The summed E-state index contributed by atoms with van der Waals surface area (Å²) < 4.78 is 61.8. The number of thioether (sulfide) groups is 1. The molecule has 0 bridgehead atoms. The van der Waals surface area contributed by atoms with Gasteiger partial charge in [-0.15, -0.1) is 0 Å². The van der Waals surface area contributed by atoms with Crippen LogP contribution in [0.3, 0.4) is 0 Å². The SMILES string of the molecule is COC[C@]12C[C@H]1[C@@](C)(c1cc(CC(=O)c3cnc(OCC(F)(F)F)cn3)cc(C)c1F)N=C(N)S2. The molecule has 0 radical (unpaired) electrons. The van der Waals surface area contributed by atoms with E-state index in [0.29, 0.717) is 28.5 Å². The number of hydrogen-bond acceptors (Lipinski definition) is 8. The summed E-state index contributed by atoms with van der Waals surface area (Å²) in [5.74, 6) is -1.16. The molecule has 2 aromatic rings. The first-order chi connectivity index (χ1) is 16.4. The molecular formula is C23H24F4N4O3S. The van der Waals surface area contributed by atoms with Gasteiger partial charge >= 0.3 is 6.18 Å². The Labute approximate surface area is 203 Å². The highest BCUT2D eigenvalue weighted by molar-refractivity contribution is 8.15. The Kier molecular flexibility index (Phi) is 6.56. The van der Waals surface area contributed by atoms with Crippen LogP contribution in [0, 0.1) is 18.7 Å². The van der Waals surface area contributed by atoms with Gasteiger partial charge in [-0.3, -0.25) is 9.79 Å². The van der Waals surface area contributed by atoms with Gasteiger partial charge in [0.25, 0.3) is 0 Å². The van der Waals surface area contributed by atoms with Crippen LogP contribution in [0.1, 0.15) is 40.5 Å². The summed E-state index contributed by atoms with van der Waals surface area (Å²) in [6, 6.07) is 3.20. The number of rotatable bonds is 8. The summed E-state index contributed by atoms with van der Waals surface area (Å²) >= 11 is 1.45. The van der Waals surface area contributed by atoms with Crippen LogP contribution in [0.5, 0.6) is 5.88 Å². The van der Waals surface area contributed by atoms with E-state index in [0.717, 1.165) is 18.8 Å². The van der Waals surface area contributed by atoms with E-state index in [1.165, 1.54) is 11.8 Å². The van der Waals surface area contributed by atoms with Crippen LogP contribution in [0.2, 0.25) is 0 Å². The molecule has 35 heavy (non-hydrogen) atoms. The van der Waals surface area contributed by atoms with E-state index in [1.807, 2.05) is 6.92 Å². The number of alkyl halides is 3. The van der Waals surface area contributed by atoms with Crippen molar-refractivity contribution in [2.45, 2.75) is 43.2 Å². The number of hydrogen-bond donors (Lipinski definition) is 1. The fraction of sp³-hybridized carbons (Fsp3) is 0.478. The fourth-order valence-corrected chi connectivity index (χ4v) is 6.06. The van der Waals surface area contributed by atoms with Gasteiger partial charge in [0.05, 0.1) is 29.3 Å². The molecule has 2 aliphatic rings. The summed E-state index contributed by atoms with van der Waals surface area (Å²) in [5, 5.41) is 0.361. The lowest BCUT2D eigenvalue weighted by Crippen LogP contribution is -2.38. The summed E-state index contributed by atoms with van der Waals surface area (Å²) in [7, 11) is 1.61. The molecule has 2 N–H and O–H groups in total. The molecule has 3 atom stereocenters. The van der Waals surface area contributed by atoms with E-state index in [-0.39, 0.29) is 28.7 Å². The van der Waals surface area contributed by atoms with E-state index < -0.39 is 29.9 Å². The van der Waals surface area contributed by atoms with E-state index in [4.69, 9.17) is 10.5 Å². The van der Waals surface area contributed by atoms with Crippen molar-refractivity contribution in [2.24, 2.45) is 16.6 Å². The number of halogens is 4. The van der Waals surface area contributed by atoms with Crippen LogP contribution in [-0.2, 0) is 16.7 Å². The first kappa shape index (κ1) is 25.4. The first-order valence-corrected chi connectivity index (χ1v) is 11.6. The second kappa shape index (κ2) is 9.05. The Balaban J connectivity index is 1.56. The number of methoxy groups -OCH3 is 1. The molecule has 4 rings (SSSR count). The van der Waals surface area contributed by atoms with Crippen molar-refractivity contribution in [1.82, 2.24) is 9.97 Å². The number of fused-ring (bicyclic) bond motifs is 1. The molecule has 1 aromatic heterocycles. The van der Waals surface area contributed by atoms with Crippen molar-refractivity contribution < 1.29 is 31.8 Å². The number of ether oxygens (including phenoxy) is 2. The van der Waals surface area contributed by atoms with Crippen molar-refractivity contribution in [3.8, 4) is 5.88 Å². The molecule has 0 saturated heterocycles. The molecule has 0 amide bonds. The minimum Gasteiger partial charge on any atom is -0.467 e. The zero-order valence-corrected chi connectivity index (χ0v) is 20.1. The summed E-state index contributed by atoms with van der Waals surface area (Å²) in [6.07, 6.45) is -1.84. The van der Waals surface area contributed by atoms with Crippen LogP contribution in [0.15, 0.2) is 29.5 Å². The predicted octanol–water partition coefficient (Wildman–Crippen LogP) is 3.97. The molecule has 1 fully saturated rings. The largest absolute Gasteiger partial charge is 0.467 e. The molecule has 1 aliphatic heterocycles. The number of aliphatic imine (C=N–C) groups is 1. The van der Waals surface area contributed by atoms with Crippen molar-refractivity contribution in [1.29, 1.82) is 0 Å². The number of nitrogens with zero attached hydrogens (tertiary/aromatic N) is 3. The van der Waals surface area contributed by atoms with Gasteiger partial charge < -0.3 is 15.2 Å². The highest BCUT2D eigenvalue weighted by Crippen LogP contribution is 2.66. The Morgan fingerprint density at radius 1 is 1.29 bits per heavy atom. The number of Topliss-reactive ketones (excluding diaryl/α,β-unsaturated/α-hetero) is 1. The third-order valence-electron chi connectivity index (χ3n) is 6.26. The average Bonchev–Trinajstić information content (AvgIpc) is 3.49. The van der Waals surface area contributed by atoms with Gasteiger partial charge in [-0.25, -0.2) is 14.4 Å². The second-order valence-electron chi connectivity index (χ2n) is 8.97. The lowest BCUT2D eigenvalue weighted by Gasteiger charge is -2.34. The molecule has 1 aromatic carbocycles. The maximum atomic E-state index is 15.4. The van der Waals surface area contributed by atoms with E-state index in [1.54, 1.807) is 26.2 Å². The van der Waals surface area contributed by atoms with Crippen LogP contribution >= 0.6 is 11.8 Å². The van der Waals surface area contributed by atoms with E-state index in [9.17, 15) is 18.0 Å². The number of ketones is 1. The quantitative estimate of drug-likeness (QED) is 0.422. The molecule has 7 nitrogen and oxygen atoms in total. The maximum Gasteiger partial charge on any atom is 0.422 e. The minimum absolute atomic E-state index is 0.0159. The number of benzene rings is 1. The lowest BCUT2D eigenvalue weighted by atomic mass is 9.83. The number of carbonyl (C=O) groups excluding carboxylic acids is 1. The lowest BCUT2D eigenvalue weighted by molar-refractivity contribution is -0.154. The molecule has 2 heterocycles. The Morgan fingerprint density at radius 2 is 2.03 bits per heavy atom. The van der Waals surface area contributed by atoms with Crippen LogP contribution < -0.4 is 10.5 Å². The molecule has 12 heteroatoms. The Hall–Kier alpha value is -2.73. The van der Waals surface area contributed by atoms with Gasteiger partial charge in [0, 0.05) is 25.0 Å². The topological polar surface area (TPSA) is 99.7 Å². The maximum absolute atomic E-state index is 15.4.